The van der Waals surface area contributed by atoms with Crippen LogP contribution in [-0.4, -0.2) is 22.7 Å². The molecule has 1 heterocycles. The van der Waals surface area contributed by atoms with Gasteiger partial charge in [0.1, 0.15) is 5.75 Å². The average molecular weight is 450 g/mol. The van der Waals surface area contributed by atoms with Crippen molar-refractivity contribution in [3.63, 3.8) is 0 Å². The highest BCUT2D eigenvalue weighted by Gasteiger charge is 2.15. The van der Waals surface area contributed by atoms with Gasteiger partial charge >= 0.3 is 5.97 Å². The Kier molecular flexibility index (Phi) is 6.05. The maximum atomic E-state index is 11.4. The van der Waals surface area contributed by atoms with Crippen LogP contribution in [0.25, 0.3) is 32.8 Å². The molecule has 4 heteroatoms. The third kappa shape index (κ3) is 4.67. The third-order valence-electron chi connectivity index (χ3n) is 6.33. The van der Waals surface area contributed by atoms with Crippen LogP contribution < -0.4 is 4.74 Å². The second-order valence-electron chi connectivity index (χ2n) is 8.83. The SMILES string of the molecule is CC(Cc1ccc(OCCc2ccc3ccccc3c2)c(-c2ccc3[nH]ccc3c2)c1)C(=O)O. The zero-order valence-electron chi connectivity index (χ0n) is 19.1. The van der Waals surface area contributed by atoms with Crippen molar-refractivity contribution in [1.29, 1.82) is 0 Å². The van der Waals surface area contributed by atoms with Crippen LogP contribution in [-0.2, 0) is 17.6 Å². The molecule has 0 aliphatic carbocycles. The second-order valence-corrected chi connectivity index (χ2v) is 8.83. The number of aromatic amines is 1. The van der Waals surface area contributed by atoms with Crippen molar-refractivity contribution in [2.75, 3.05) is 6.61 Å². The summed E-state index contributed by atoms with van der Waals surface area (Å²) in [5, 5.41) is 12.9. The lowest BCUT2D eigenvalue weighted by Crippen LogP contribution is -2.12. The monoisotopic (exact) mass is 449 g/mol. The van der Waals surface area contributed by atoms with Crippen LogP contribution in [0.4, 0.5) is 0 Å². The van der Waals surface area contributed by atoms with E-state index in [0.717, 1.165) is 39.8 Å². The average Bonchev–Trinajstić information content (AvgIpc) is 3.32. The van der Waals surface area contributed by atoms with Crippen LogP contribution in [0.15, 0.2) is 91.1 Å². The molecule has 4 aromatic carbocycles. The number of nitrogens with one attached hydrogen (secondary N) is 1. The Morgan fingerprint density at radius 2 is 1.71 bits per heavy atom. The van der Waals surface area contributed by atoms with Gasteiger partial charge in [0.2, 0.25) is 0 Å². The molecule has 0 spiro atoms. The van der Waals surface area contributed by atoms with Crippen molar-refractivity contribution >= 4 is 27.6 Å². The van der Waals surface area contributed by atoms with Gasteiger partial charge in [-0.25, -0.2) is 0 Å². The van der Waals surface area contributed by atoms with E-state index in [2.05, 4.69) is 77.8 Å². The number of carbonyl (C=O) groups is 1. The quantitative estimate of drug-likeness (QED) is 0.272. The fourth-order valence-electron chi connectivity index (χ4n) is 4.39. The van der Waals surface area contributed by atoms with Crippen LogP contribution in [0.5, 0.6) is 5.75 Å². The number of rotatable bonds is 8. The predicted molar refractivity (Wildman–Crippen MR) is 137 cm³/mol. The first kappa shape index (κ1) is 21.8. The first-order valence-electron chi connectivity index (χ1n) is 11.6. The van der Waals surface area contributed by atoms with Gasteiger partial charge < -0.3 is 14.8 Å². The highest BCUT2D eigenvalue weighted by molar-refractivity contribution is 5.86. The summed E-state index contributed by atoms with van der Waals surface area (Å²) in [5.74, 6) is -0.423. The van der Waals surface area contributed by atoms with Gasteiger partial charge in [-0.1, -0.05) is 61.5 Å². The Hall–Kier alpha value is -4.05. The first-order valence-corrected chi connectivity index (χ1v) is 11.6. The van der Waals surface area contributed by atoms with E-state index in [-0.39, 0.29) is 0 Å². The van der Waals surface area contributed by atoms with E-state index in [0.29, 0.717) is 13.0 Å². The van der Waals surface area contributed by atoms with E-state index < -0.39 is 11.9 Å². The van der Waals surface area contributed by atoms with Gasteiger partial charge in [0.25, 0.3) is 0 Å². The summed E-state index contributed by atoms with van der Waals surface area (Å²) >= 11 is 0. The molecule has 0 bridgehead atoms. The summed E-state index contributed by atoms with van der Waals surface area (Å²) in [4.78, 5) is 14.6. The molecule has 0 fully saturated rings. The third-order valence-corrected chi connectivity index (χ3v) is 6.33. The molecule has 0 aliphatic heterocycles. The molecular weight excluding hydrogens is 422 g/mol. The number of carboxylic acids is 1. The van der Waals surface area contributed by atoms with Crippen molar-refractivity contribution in [3.8, 4) is 16.9 Å². The topological polar surface area (TPSA) is 62.3 Å². The lowest BCUT2D eigenvalue weighted by molar-refractivity contribution is -0.141. The molecule has 0 amide bonds. The lowest BCUT2D eigenvalue weighted by Gasteiger charge is -2.15. The number of aliphatic carboxylic acids is 1. The van der Waals surface area contributed by atoms with E-state index >= 15 is 0 Å². The van der Waals surface area contributed by atoms with Crippen molar-refractivity contribution < 1.29 is 14.6 Å². The van der Waals surface area contributed by atoms with E-state index in [4.69, 9.17) is 4.74 Å². The van der Waals surface area contributed by atoms with Crippen molar-refractivity contribution in [1.82, 2.24) is 4.98 Å². The number of hydrogen-bond donors (Lipinski definition) is 2. The normalized spacial score (nSPS) is 12.1. The molecule has 0 saturated heterocycles. The molecule has 5 aromatic rings. The van der Waals surface area contributed by atoms with Gasteiger partial charge in [-0.2, -0.15) is 0 Å². The largest absolute Gasteiger partial charge is 0.493 e. The first-order chi connectivity index (χ1) is 16.6. The Morgan fingerprint density at radius 1 is 0.882 bits per heavy atom. The summed E-state index contributed by atoms with van der Waals surface area (Å²) in [6, 6.07) is 29.2. The molecule has 2 N–H and O–H groups in total. The van der Waals surface area contributed by atoms with Crippen LogP contribution in [0.3, 0.4) is 0 Å². The summed E-state index contributed by atoms with van der Waals surface area (Å²) in [6.45, 7) is 2.30. The zero-order chi connectivity index (χ0) is 23.5. The number of H-pyrrole nitrogens is 1. The standard InChI is InChI=1S/C30H27NO3/c1-20(30(32)33)16-22-7-11-29(27(18-22)25-9-10-28-26(19-25)12-14-31-28)34-15-13-21-6-8-23-4-2-3-5-24(23)17-21/h2-12,14,17-20,31H,13,15-16H2,1H3,(H,32,33). The minimum absolute atomic E-state index is 0.445. The minimum atomic E-state index is -0.786. The molecule has 0 saturated carbocycles. The van der Waals surface area contributed by atoms with E-state index in [1.807, 2.05) is 18.3 Å². The van der Waals surface area contributed by atoms with Crippen molar-refractivity contribution in [2.45, 2.75) is 19.8 Å². The van der Waals surface area contributed by atoms with E-state index in [9.17, 15) is 9.90 Å². The minimum Gasteiger partial charge on any atom is -0.493 e. The Labute approximate surface area is 198 Å². The van der Waals surface area contributed by atoms with Gasteiger partial charge in [-0.05, 0) is 69.6 Å². The predicted octanol–water partition coefficient (Wildman–Crippen LogP) is 6.87. The Bertz CT molecular complexity index is 1470. The maximum Gasteiger partial charge on any atom is 0.306 e. The van der Waals surface area contributed by atoms with Gasteiger partial charge in [0, 0.05) is 23.7 Å². The Morgan fingerprint density at radius 3 is 2.56 bits per heavy atom. The van der Waals surface area contributed by atoms with Crippen LogP contribution >= 0.6 is 0 Å². The molecule has 4 nitrogen and oxygen atoms in total. The van der Waals surface area contributed by atoms with Gasteiger partial charge in [-0.3, -0.25) is 4.79 Å². The fourth-order valence-corrected chi connectivity index (χ4v) is 4.39. The molecule has 5 rings (SSSR count). The summed E-state index contributed by atoms with van der Waals surface area (Å²) < 4.78 is 6.28. The van der Waals surface area contributed by atoms with Crippen LogP contribution in [0.1, 0.15) is 18.1 Å². The van der Waals surface area contributed by atoms with Crippen molar-refractivity contribution in [3.05, 3.63) is 102 Å². The molecule has 0 radical (unpaired) electrons. The lowest BCUT2D eigenvalue weighted by atomic mass is 9.96. The summed E-state index contributed by atoms with van der Waals surface area (Å²) in [5.41, 5.74) is 5.34. The number of aromatic nitrogens is 1. The van der Waals surface area contributed by atoms with Crippen LogP contribution in [0.2, 0.25) is 0 Å². The maximum absolute atomic E-state index is 11.4. The number of benzene rings is 4. The zero-order valence-corrected chi connectivity index (χ0v) is 19.1. The summed E-state index contributed by atoms with van der Waals surface area (Å²) in [6.07, 6.45) is 3.21. The number of carboxylic acid groups (broad SMARTS) is 1. The number of fused-ring (bicyclic) bond motifs is 2. The van der Waals surface area contributed by atoms with E-state index in [1.165, 1.54) is 16.3 Å². The van der Waals surface area contributed by atoms with Gasteiger partial charge in [-0.15, -0.1) is 0 Å². The number of ether oxygens (including phenoxy) is 1. The van der Waals surface area contributed by atoms with Gasteiger partial charge in [0.15, 0.2) is 0 Å². The highest BCUT2D eigenvalue weighted by atomic mass is 16.5. The molecule has 34 heavy (non-hydrogen) atoms. The molecular formula is C30H27NO3. The molecule has 1 aromatic heterocycles. The Balaban J connectivity index is 1.40. The fraction of sp³-hybridized carbons (Fsp3) is 0.167. The van der Waals surface area contributed by atoms with E-state index in [1.54, 1.807) is 6.92 Å². The molecule has 170 valence electrons. The van der Waals surface area contributed by atoms with Crippen LogP contribution in [0, 0.1) is 5.92 Å². The highest BCUT2D eigenvalue weighted by Crippen LogP contribution is 2.34. The molecule has 0 aliphatic rings. The number of hydrogen-bond acceptors (Lipinski definition) is 2. The molecule has 1 atom stereocenters. The molecule has 1 unspecified atom stereocenters. The summed E-state index contributed by atoms with van der Waals surface area (Å²) in [7, 11) is 0. The second kappa shape index (κ2) is 9.44. The van der Waals surface area contributed by atoms with Crippen molar-refractivity contribution in [2.24, 2.45) is 5.92 Å². The smallest absolute Gasteiger partial charge is 0.306 e. The van der Waals surface area contributed by atoms with Gasteiger partial charge in [0.05, 0.1) is 12.5 Å².